The Kier molecular flexibility index (Phi) is 6.13. The zero-order valence-corrected chi connectivity index (χ0v) is 14.6. The van der Waals surface area contributed by atoms with Gasteiger partial charge in [-0.05, 0) is 54.8 Å². The van der Waals surface area contributed by atoms with Crippen LogP contribution in [0.5, 0.6) is 5.75 Å². The van der Waals surface area contributed by atoms with Gasteiger partial charge in [0.2, 0.25) is 0 Å². The van der Waals surface area contributed by atoms with E-state index in [1.165, 1.54) is 19.3 Å². The number of rotatable bonds is 6. The number of amides is 2. The Morgan fingerprint density at radius 3 is 2.71 bits per heavy atom. The van der Waals surface area contributed by atoms with Gasteiger partial charge in [0.25, 0.3) is 0 Å². The van der Waals surface area contributed by atoms with Crippen LogP contribution < -0.4 is 15.4 Å². The molecule has 5 heteroatoms. The summed E-state index contributed by atoms with van der Waals surface area (Å²) in [4.78, 5) is 13.0. The largest absolute Gasteiger partial charge is 0.490 e. The van der Waals surface area contributed by atoms with E-state index < -0.39 is 0 Å². The molecule has 1 aliphatic rings. The molecule has 0 atom stereocenters. The van der Waals surface area contributed by atoms with E-state index in [9.17, 15) is 4.79 Å². The van der Waals surface area contributed by atoms with Crippen molar-refractivity contribution in [3.63, 3.8) is 0 Å². The predicted octanol–water partition coefficient (Wildman–Crippen LogP) is 4.46. The molecule has 128 valence electrons. The van der Waals surface area contributed by atoms with E-state index in [-0.39, 0.29) is 6.03 Å². The molecule has 24 heavy (non-hydrogen) atoms. The fourth-order valence-electron chi connectivity index (χ4n) is 2.93. The minimum atomic E-state index is -0.151. The summed E-state index contributed by atoms with van der Waals surface area (Å²) in [5.41, 5.74) is 1.05. The average Bonchev–Trinajstić information content (AvgIpc) is 3.13. The van der Waals surface area contributed by atoms with Crippen LogP contribution in [0.2, 0.25) is 0 Å². The second-order valence-corrected chi connectivity index (χ2v) is 7.17. The quantitative estimate of drug-likeness (QED) is 0.813. The third-order valence-electron chi connectivity index (χ3n) is 4.21. The molecule has 1 heterocycles. The highest BCUT2D eigenvalue weighted by molar-refractivity contribution is 7.09. The van der Waals surface area contributed by atoms with Gasteiger partial charge in [-0.3, -0.25) is 0 Å². The third kappa shape index (κ3) is 5.27. The van der Waals surface area contributed by atoms with Crippen LogP contribution in [-0.4, -0.2) is 12.1 Å². The van der Waals surface area contributed by atoms with Crippen LogP contribution >= 0.6 is 11.3 Å². The van der Waals surface area contributed by atoms with E-state index in [1.54, 1.807) is 11.3 Å². The summed E-state index contributed by atoms with van der Waals surface area (Å²) in [6.07, 6.45) is 6.48. The first-order valence-corrected chi connectivity index (χ1v) is 9.47. The number of carbonyl (C=O) groups excluding carboxylic acids is 1. The third-order valence-corrected chi connectivity index (χ3v) is 5.09. The normalized spacial score (nSPS) is 15.0. The van der Waals surface area contributed by atoms with E-state index in [1.807, 2.05) is 41.8 Å². The summed E-state index contributed by atoms with van der Waals surface area (Å²) in [6.45, 7) is 1.06. The molecule has 0 bridgehead atoms. The molecule has 0 unspecified atom stereocenters. The smallest absolute Gasteiger partial charge is 0.315 e. The maximum absolute atomic E-state index is 11.9. The highest BCUT2D eigenvalue weighted by atomic mass is 32.1. The van der Waals surface area contributed by atoms with Crippen LogP contribution in [0.3, 0.4) is 0 Å². The second kappa shape index (κ2) is 8.73. The van der Waals surface area contributed by atoms with Crippen LogP contribution in [-0.2, 0) is 13.1 Å². The lowest BCUT2D eigenvalue weighted by Crippen LogP contribution is -2.34. The topological polar surface area (TPSA) is 50.4 Å². The predicted molar refractivity (Wildman–Crippen MR) is 97.3 cm³/mol. The number of carbonyl (C=O) groups is 1. The Morgan fingerprint density at radius 1 is 1.08 bits per heavy atom. The first-order chi connectivity index (χ1) is 11.8. The molecule has 2 amide bonds. The van der Waals surface area contributed by atoms with Crippen LogP contribution in [0.4, 0.5) is 4.79 Å². The standard InChI is InChI=1S/C19H24N2O2S/c22-19(21-14-18-10-5-11-24-18)20-13-15-6-4-9-17(12-15)23-16-7-2-1-3-8-16/h4-6,9-12,16H,1-3,7-8,13-14H2,(H2,20,21,22). The van der Waals surface area contributed by atoms with Gasteiger partial charge in [0, 0.05) is 11.4 Å². The van der Waals surface area contributed by atoms with Crippen molar-refractivity contribution in [2.24, 2.45) is 0 Å². The summed E-state index contributed by atoms with van der Waals surface area (Å²) in [5.74, 6) is 0.903. The van der Waals surface area contributed by atoms with E-state index in [0.717, 1.165) is 29.0 Å². The molecule has 3 rings (SSSR count). The fraction of sp³-hybridized carbons (Fsp3) is 0.421. The Morgan fingerprint density at radius 2 is 1.92 bits per heavy atom. The lowest BCUT2D eigenvalue weighted by Gasteiger charge is -2.23. The minimum absolute atomic E-state index is 0.151. The Labute approximate surface area is 147 Å². The molecule has 1 aromatic heterocycles. The SMILES string of the molecule is O=C(NCc1cccc(OC2CCCCC2)c1)NCc1cccs1. The van der Waals surface area contributed by atoms with Gasteiger partial charge in [-0.25, -0.2) is 4.79 Å². The van der Waals surface area contributed by atoms with Gasteiger partial charge < -0.3 is 15.4 Å². The van der Waals surface area contributed by atoms with Crippen LogP contribution in [0, 0.1) is 0 Å². The van der Waals surface area contributed by atoms with Crippen molar-refractivity contribution in [2.45, 2.75) is 51.3 Å². The van der Waals surface area contributed by atoms with Gasteiger partial charge in [-0.1, -0.05) is 24.6 Å². The van der Waals surface area contributed by atoms with Crippen molar-refractivity contribution >= 4 is 17.4 Å². The number of benzene rings is 1. The van der Waals surface area contributed by atoms with E-state index in [0.29, 0.717) is 19.2 Å². The van der Waals surface area contributed by atoms with Crippen LogP contribution in [0.1, 0.15) is 42.5 Å². The highest BCUT2D eigenvalue weighted by Gasteiger charge is 2.14. The van der Waals surface area contributed by atoms with Crippen molar-refractivity contribution in [3.8, 4) is 5.75 Å². The number of nitrogens with one attached hydrogen (secondary N) is 2. The minimum Gasteiger partial charge on any atom is -0.490 e. The van der Waals surface area contributed by atoms with E-state index >= 15 is 0 Å². The summed E-state index contributed by atoms with van der Waals surface area (Å²) in [7, 11) is 0. The van der Waals surface area contributed by atoms with Crippen molar-refractivity contribution in [2.75, 3.05) is 0 Å². The van der Waals surface area contributed by atoms with Crippen molar-refractivity contribution in [1.29, 1.82) is 0 Å². The van der Waals surface area contributed by atoms with Gasteiger partial charge >= 0.3 is 6.03 Å². The molecular weight excluding hydrogens is 320 g/mol. The molecule has 2 N–H and O–H groups in total. The molecule has 0 spiro atoms. The summed E-state index contributed by atoms with van der Waals surface area (Å²) >= 11 is 1.64. The molecule has 0 saturated heterocycles. The van der Waals surface area contributed by atoms with Crippen molar-refractivity contribution in [1.82, 2.24) is 10.6 Å². The molecule has 2 aromatic rings. The van der Waals surface area contributed by atoms with Gasteiger partial charge in [0.15, 0.2) is 0 Å². The fourth-order valence-corrected chi connectivity index (χ4v) is 3.57. The maximum Gasteiger partial charge on any atom is 0.315 e. The molecule has 1 aromatic carbocycles. The second-order valence-electron chi connectivity index (χ2n) is 6.14. The first kappa shape index (κ1) is 16.8. The van der Waals surface area contributed by atoms with Crippen LogP contribution in [0.15, 0.2) is 41.8 Å². The maximum atomic E-state index is 11.9. The molecule has 0 radical (unpaired) electrons. The summed E-state index contributed by atoms with van der Waals surface area (Å²) in [6, 6.07) is 11.9. The lowest BCUT2D eigenvalue weighted by molar-refractivity contribution is 0.155. The Balaban J connectivity index is 1.44. The monoisotopic (exact) mass is 344 g/mol. The summed E-state index contributed by atoms with van der Waals surface area (Å²) < 4.78 is 6.07. The highest BCUT2D eigenvalue weighted by Crippen LogP contribution is 2.23. The number of hydrogen-bond acceptors (Lipinski definition) is 3. The molecule has 1 fully saturated rings. The van der Waals surface area contributed by atoms with Crippen molar-refractivity contribution < 1.29 is 9.53 Å². The molecule has 1 aliphatic carbocycles. The van der Waals surface area contributed by atoms with E-state index in [4.69, 9.17) is 4.74 Å². The number of urea groups is 1. The van der Waals surface area contributed by atoms with Gasteiger partial charge in [-0.15, -0.1) is 11.3 Å². The van der Waals surface area contributed by atoms with Crippen LogP contribution in [0.25, 0.3) is 0 Å². The Bertz CT molecular complexity index is 637. The summed E-state index contributed by atoms with van der Waals surface area (Å²) in [5, 5.41) is 7.76. The number of ether oxygens (including phenoxy) is 1. The lowest BCUT2D eigenvalue weighted by atomic mass is 9.98. The number of hydrogen-bond donors (Lipinski definition) is 2. The molecule has 1 saturated carbocycles. The zero-order valence-electron chi connectivity index (χ0n) is 13.8. The molecule has 0 aliphatic heterocycles. The number of thiophene rings is 1. The zero-order chi connectivity index (χ0) is 16.6. The molecular formula is C19H24N2O2S. The van der Waals surface area contributed by atoms with Gasteiger partial charge in [0.1, 0.15) is 5.75 Å². The van der Waals surface area contributed by atoms with Crippen molar-refractivity contribution in [3.05, 3.63) is 52.2 Å². The van der Waals surface area contributed by atoms with E-state index in [2.05, 4.69) is 10.6 Å². The van der Waals surface area contributed by atoms with Gasteiger partial charge in [-0.2, -0.15) is 0 Å². The Hall–Kier alpha value is -2.01. The molecule has 4 nitrogen and oxygen atoms in total. The first-order valence-electron chi connectivity index (χ1n) is 8.59. The average molecular weight is 344 g/mol. The van der Waals surface area contributed by atoms with Gasteiger partial charge in [0.05, 0.1) is 12.6 Å².